The van der Waals surface area contributed by atoms with Crippen LogP contribution in [-0.4, -0.2) is 11.7 Å². The molecule has 2 aromatic rings. The van der Waals surface area contributed by atoms with E-state index in [1.807, 2.05) is 48.5 Å². The monoisotopic (exact) mass is 305 g/mol. The highest BCUT2D eigenvalue weighted by atomic mass is 35.5. The fourth-order valence-corrected chi connectivity index (χ4v) is 2.19. The van der Waals surface area contributed by atoms with Crippen molar-refractivity contribution < 1.29 is 0 Å². The van der Waals surface area contributed by atoms with Gasteiger partial charge in [0, 0.05) is 22.9 Å². The minimum Gasteiger partial charge on any atom is -0.399 e. The molecular formula is C15H16ClN3S. The van der Waals surface area contributed by atoms with Crippen LogP contribution in [0.5, 0.6) is 0 Å². The van der Waals surface area contributed by atoms with Crippen molar-refractivity contribution in [1.82, 2.24) is 5.32 Å². The molecule has 20 heavy (non-hydrogen) atoms. The van der Waals surface area contributed by atoms with E-state index in [1.54, 1.807) is 0 Å². The summed E-state index contributed by atoms with van der Waals surface area (Å²) in [6, 6.07) is 15.3. The first-order valence-electron chi connectivity index (χ1n) is 6.28. The average Bonchev–Trinajstić information content (AvgIpc) is 2.41. The number of anilines is 2. The Bertz CT molecular complexity index is 584. The molecular weight excluding hydrogens is 290 g/mol. The highest BCUT2D eigenvalue weighted by Crippen LogP contribution is 2.11. The van der Waals surface area contributed by atoms with E-state index in [-0.39, 0.29) is 0 Å². The second-order valence-electron chi connectivity index (χ2n) is 4.38. The predicted molar refractivity (Wildman–Crippen MR) is 90.2 cm³/mol. The average molecular weight is 306 g/mol. The van der Waals surface area contributed by atoms with Crippen LogP contribution in [0, 0.1) is 0 Å². The lowest BCUT2D eigenvalue weighted by Crippen LogP contribution is -2.30. The van der Waals surface area contributed by atoms with Crippen LogP contribution in [0.15, 0.2) is 48.5 Å². The summed E-state index contributed by atoms with van der Waals surface area (Å²) >= 11 is 11.2. The molecule has 0 saturated heterocycles. The van der Waals surface area contributed by atoms with Gasteiger partial charge in [0.05, 0.1) is 0 Å². The van der Waals surface area contributed by atoms with Crippen molar-refractivity contribution >= 4 is 40.3 Å². The fourth-order valence-electron chi connectivity index (χ4n) is 1.75. The summed E-state index contributed by atoms with van der Waals surface area (Å²) in [5.41, 5.74) is 8.46. The van der Waals surface area contributed by atoms with Crippen molar-refractivity contribution in [2.45, 2.75) is 6.42 Å². The lowest BCUT2D eigenvalue weighted by molar-refractivity contribution is 0.873. The third kappa shape index (κ3) is 4.72. The summed E-state index contributed by atoms with van der Waals surface area (Å²) in [6.45, 7) is 0.751. The number of hydrogen-bond donors (Lipinski definition) is 3. The van der Waals surface area contributed by atoms with Gasteiger partial charge >= 0.3 is 0 Å². The number of nitrogen functional groups attached to an aromatic ring is 1. The Morgan fingerprint density at radius 2 is 1.90 bits per heavy atom. The van der Waals surface area contributed by atoms with E-state index in [4.69, 9.17) is 29.6 Å². The standard InChI is InChI=1S/C15H16ClN3S/c16-12-3-1-2-11(10-12)8-9-18-15(20)19-14-6-4-13(17)5-7-14/h1-7,10H,8-9,17H2,(H2,18,19,20). The molecule has 0 amide bonds. The molecule has 4 N–H and O–H groups in total. The van der Waals surface area contributed by atoms with E-state index < -0.39 is 0 Å². The molecule has 0 unspecified atom stereocenters. The van der Waals surface area contributed by atoms with E-state index in [1.165, 1.54) is 5.56 Å². The Morgan fingerprint density at radius 3 is 2.60 bits per heavy atom. The summed E-state index contributed by atoms with van der Waals surface area (Å²) in [4.78, 5) is 0. The van der Waals surface area contributed by atoms with Gasteiger partial charge in [0.25, 0.3) is 0 Å². The first-order chi connectivity index (χ1) is 9.63. The Hall–Kier alpha value is -1.78. The van der Waals surface area contributed by atoms with Crippen LogP contribution in [0.4, 0.5) is 11.4 Å². The van der Waals surface area contributed by atoms with Crippen LogP contribution in [0.3, 0.4) is 0 Å². The van der Waals surface area contributed by atoms with Gasteiger partial charge in [0.15, 0.2) is 5.11 Å². The molecule has 0 aliphatic heterocycles. The molecule has 104 valence electrons. The Morgan fingerprint density at radius 1 is 1.15 bits per heavy atom. The van der Waals surface area contributed by atoms with Crippen molar-refractivity contribution in [3.8, 4) is 0 Å². The molecule has 0 aliphatic rings. The second-order valence-corrected chi connectivity index (χ2v) is 5.23. The first kappa shape index (κ1) is 14.6. The minimum absolute atomic E-state index is 0.594. The summed E-state index contributed by atoms with van der Waals surface area (Å²) < 4.78 is 0. The molecule has 0 heterocycles. The Labute approximate surface area is 129 Å². The topological polar surface area (TPSA) is 50.1 Å². The van der Waals surface area contributed by atoms with Gasteiger partial charge in [-0.2, -0.15) is 0 Å². The maximum absolute atomic E-state index is 5.94. The minimum atomic E-state index is 0.594. The quantitative estimate of drug-likeness (QED) is 0.598. The van der Waals surface area contributed by atoms with E-state index in [0.717, 1.165) is 29.4 Å². The zero-order chi connectivity index (χ0) is 14.4. The molecule has 5 heteroatoms. The van der Waals surface area contributed by atoms with Crippen molar-refractivity contribution in [2.75, 3.05) is 17.6 Å². The molecule has 2 rings (SSSR count). The van der Waals surface area contributed by atoms with E-state index in [2.05, 4.69) is 10.6 Å². The van der Waals surface area contributed by atoms with Gasteiger partial charge in [-0.3, -0.25) is 0 Å². The fraction of sp³-hybridized carbons (Fsp3) is 0.133. The van der Waals surface area contributed by atoms with Crippen LogP contribution in [0.2, 0.25) is 5.02 Å². The summed E-state index contributed by atoms with van der Waals surface area (Å²) in [7, 11) is 0. The molecule has 0 aromatic heterocycles. The summed E-state index contributed by atoms with van der Waals surface area (Å²) in [6.07, 6.45) is 0.865. The van der Waals surface area contributed by atoms with Crippen LogP contribution >= 0.6 is 23.8 Å². The number of rotatable bonds is 4. The molecule has 0 bridgehead atoms. The van der Waals surface area contributed by atoms with E-state index in [9.17, 15) is 0 Å². The number of nitrogens with one attached hydrogen (secondary N) is 2. The molecule has 0 radical (unpaired) electrons. The number of halogens is 1. The SMILES string of the molecule is Nc1ccc(NC(=S)NCCc2cccc(Cl)c2)cc1. The van der Waals surface area contributed by atoms with Gasteiger partial charge in [-0.1, -0.05) is 23.7 Å². The van der Waals surface area contributed by atoms with E-state index in [0.29, 0.717) is 5.11 Å². The number of hydrogen-bond acceptors (Lipinski definition) is 2. The smallest absolute Gasteiger partial charge is 0.170 e. The first-order valence-corrected chi connectivity index (χ1v) is 7.07. The number of thiocarbonyl (C=S) groups is 1. The van der Waals surface area contributed by atoms with E-state index >= 15 is 0 Å². The largest absolute Gasteiger partial charge is 0.399 e. The van der Waals surface area contributed by atoms with Gasteiger partial charge in [-0.15, -0.1) is 0 Å². The Balaban J connectivity index is 1.76. The normalized spacial score (nSPS) is 10.1. The van der Waals surface area contributed by atoms with Gasteiger partial charge < -0.3 is 16.4 Å². The zero-order valence-electron chi connectivity index (χ0n) is 10.9. The number of nitrogens with two attached hydrogens (primary N) is 1. The highest BCUT2D eigenvalue weighted by molar-refractivity contribution is 7.80. The predicted octanol–water partition coefficient (Wildman–Crippen LogP) is 3.45. The molecule has 0 aliphatic carbocycles. The van der Waals surface area contributed by atoms with Gasteiger partial charge in [0.2, 0.25) is 0 Å². The molecule has 0 fully saturated rings. The lowest BCUT2D eigenvalue weighted by atomic mass is 10.1. The maximum atomic E-state index is 5.94. The third-order valence-corrected chi connectivity index (χ3v) is 3.24. The molecule has 2 aromatic carbocycles. The van der Waals surface area contributed by atoms with Crippen molar-refractivity contribution in [3.05, 3.63) is 59.1 Å². The molecule has 0 spiro atoms. The van der Waals surface area contributed by atoms with Crippen molar-refractivity contribution in [1.29, 1.82) is 0 Å². The molecule has 0 atom stereocenters. The van der Waals surface area contributed by atoms with Gasteiger partial charge in [-0.05, 0) is 60.6 Å². The Kier molecular flexibility index (Phi) is 5.21. The highest BCUT2D eigenvalue weighted by Gasteiger charge is 1.98. The van der Waals surface area contributed by atoms with Crippen LogP contribution < -0.4 is 16.4 Å². The van der Waals surface area contributed by atoms with Crippen LogP contribution in [0.1, 0.15) is 5.56 Å². The van der Waals surface area contributed by atoms with Crippen LogP contribution in [0.25, 0.3) is 0 Å². The maximum Gasteiger partial charge on any atom is 0.170 e. The van der Waals surface area contributed by atoms with Crippen molar-refractivity contribution in [3.63, 3.8) is 0 Å². The molecule has 0 saturated carbocycles. The van der Waals surface area contributed by atoms with Gasteiger partial charge in [-0.25, -0.2) is 0 Å². The van der Waals surface area contributed by atoms with Gasteiger partial charge in [0.1, 0.15) is 0 Å². The number of benzene rings is 2. The van der Waals surface area contributed by atoms with Crippen molar-refractivity contribution in [2.24, 2.45) is 0 Å². The third-order valence-electron chi connectivity index (χ3n) is 2.76. The summed E-state index contributed by atoms with van der Waals surface area (Å²) in [5.74, 6) is 0. The van der Waals surface area contributed by atoms with Crippen LogP contribution in [-0.2, 0) is 6.42 Å². The molecule has 3 nitrogen and oxygen atoms in total. The zero-order valence-corrected chi connectivity index (χ0v) is 12.5. The second kappa shape index (κ2) is 7.12. The summed E-state index contributed by atoms with van der Waals surface area (Å²) in [5, 5.41) is 7.61. The lowest BCUT2D eigenvalue weighted by Gasteiger charge is -2.10.